The fourth-order valence-electron chi connectivity index (χ4n) is 5.35. The Morgan fingerprint density at radius 2 is 1.88 bits per heavy atom. The van der Waals surface area contributed by atoms with Crippen molar-refractivity contribution in [2.45, 2.75) is 90.6 Å². The number of carbonyl (C=O) groups excluding carboxylic acids is 2. The van der Waals surface area contributed by atoms with Crippen LogP contribution in [-0.4, -0.2) is 17.9 Å². The molecule has 4 atom stereocenters. The largest absolute Gasteiger partial charge is 0.462 e. The Morgan fingerprint density at radius 1 is 1.04 bits per heavy atom. The second-order valence-electron chi connectivity index (χ2n) is 7.90. The van der Waals surface area contributed by atoms with Crippen molar-refractivity contribution in [1.29, 1.82) is 0 Å². The highest BCUT2D eigenvalue weighted by Crippen LogP contribution is 2.52. The molecule has 0 spiro atoms. The van der Waals surface area contributed by atoms with Crippen LogP contribution in [0.3, 0.4) is 0 Å². The van der Waals surface area contributed by atoms with Crippen molar-refractivity contribution in [1.82, 2.24) is 0 Å². The van der Waals surface area contributed by atoms with Gasteiger partial charge in [0.05, 0.1) is 0 Å². The Morgan fingerprint density at radius 3 is 2.62 bits per heavy atom. The van der Waals surface area contributed by atoms with Crippen LogP contribution in [0.5, 0.6) is 0 Å². The monoisotopic (exact) mass is 332 g/mol. The molecule has 3 aliphatic carbocycles. The van der Waals surface area contributed by atoms with Gasteiger partial charge < -0.3 is 4.74 Å². The van der Waals surface area contributed by atoms with Crippen molar-refractivity contribution in [2.75, 3.05) is 0 Å². The number of allylic oxidation sites excluding steroid dienone is 2. The van der Waals surface area contributed by atoms with Gasteiger partial charge in [-0.3, -0.25) is 9.59 Å². The minimum absolute atomic E-state index is 0.00525. The number of fused-ring (bicyclic) bond motifs is 3. The quantitative estimate of drug-likeness (QED) is 0.644. The Bertz CT molecular complexity index is 519. The lowest BCUT2D eigenvalue weighted by molar-refractivity contribution is -0.151. The lowest BCUT2D eigenvalue weighted by Gasteiger charge is -2.41. The summed E-state index contributed by atoms with van der Waals surface area (Å²) in [7, 11) is 0. The van der Waals surface area contributed by atoms with Gasteiger partial charge in [-0.05, 0) is 68.3 Å². The molecule has 0 bridgehead atoms. The molecule has 0 amide bonds. The van der Waals surface area contributed by atoms with E-state index >= 15 is 0 Å². The number of ketones is 1. The average molecular weight is 332 g/mol. The van der Waals surface area contributed by atoms with Gasteiger partial charge in [-0.1, -0.05) is 32.3 Å². The Balaban J connectivity index is 1.69. The van der Waals surface area contributed by atoms with E-state index in [-0.39, 0.29) is 12.1 Å². The van der Waals surface area contributed by atoms with E-state index in [2.05, 4.69) is 13.8 Å². The van der Waals surface area contributed by atoms with Gasteiger partial charge >= 0.3 is 5.97 Å². The molecule has 0 saturated heterocycles. The normalized spacial score (nSPS) is 32.5. The summed E-state index contributed by atoms with van der Waals surface area (Å²) in [4.78, 5) is 24.3. The van der Waals surface area contributed by atoms with Gasteiger partial charge in [0.15, 0.2) is 5.78 Å². The summed E-state index contributed by atoms with van der Waals surface area (Å²) < 4.78 is 5.84. The number of hydrogen-bond acceptors (Lipinski definition) is 3. The predicted octanol–water partition coefficient (Wildman–Crippen LogP) is 4.98. The second-order valence-corrected chi connectivity index (χ2v) is 7.90. The third kappa shape index (κ3) is 3.45. The van der Waals surface area contributed by atoms with Gasteiger partial charge in [0.25, 0.3) is 0 Å². The molecular formula is C21H32O3. The molecule has 0 radical (unpaired) electrons. The maximum atomic E-state index is 12.3. The summed E-state index contributed by atoms with van der Waals surface area (Å²) in [5.74, 6) is 2.15. The van der Waals surface area contributed by atoms with Crippen molar-refractivity contribution in [3.05, 3.63) is 11.1 Å². The van der Waals surface area contributed by atoms with Crippen LogP contribution in [0.4, 0.5) is 0 Å². The van der Waals surface area contributed by atoms with Crippen molar-refractivity contribution in [3.8, 4) is 0 Å². The topological polar surface area (TPSA) is 43.4 Å². The first-order chi connectivity index (χ1) is 11.7. The first-order valence-corrected chi connectivity index (χ1v) is 10.1. The third-order valence-electron chi connectivity index (χ3n) is 6.45. The molecular weight excluding hydrogens is 300 g/mol. The third-order valence-corrected chi connectivity index (χ3v) is 6.45. The molecule has 0 heterocycles. The summed E-state index contributed by atoms with van der Waals surface area (Å²) in [5, 5.41) is 0. The van der Waals surface area contributed by atoms with Crippen LogP contribution in [0, 0.1) is 17.8 Å². The Kier molecular flexibility index (Phi) is 5.78. The van der Waals surface area contributed by atoms with Gasteiger partial charge in [-0.2, -0.15) is 0 Å². The summed E-state index contributed by atoms with van der Waals surface area (Å²) in [6.45, 7) is 4.27. The van der Waals surface area contributed by atoms with E-state index in [1.165, 1.54) is 5.57 Å². The van der Waals surface area contributed by atoms with Crippen molar-refractivity contribution in [3.63, 3.8) is 0 Å². The van der Waals surface area contributed by atoms with Gasteiger partial charge in [-0.25, -0.2) is 0 Å². The summed E-state index contributed by atoms with van der Waals surface area (Å²) in [6, 6.07) is 0. The number of hydrogen-bond donors (Lipinski definition) is 0. The van der Waals surface area contributed by atoms with Crippen LogP contribution < -0.4 is 0 Å². The lowest BCUT2D eigenvalue weighted by Crippen LogP contribution is -2.36. The summed E-state index contributed by atoms with van der Waals surface area (Å²) >= 11 is 0. The number of carbonyl (C=O) groups is 2. The molecule has 3 aliphatic rings. The van der Waals surface area contributed by atoms with Crippen molar-refractivity contribution >= 4 is 11.8 Å². The second kappa shape index (κ2) is 7.84. The van der Waals surface area contributed by atoms with E-state index in [4.69, 9.17) is 4.74 Å². The van der Waals surface area contributed by atoms with Gasteiger partial charge in [0, 0.05) is 12.8 Å². The van der Waals surface area contributed by atoms with Crippen molar-refractivity contribution < 1.29 is 14.3 Å². The van der Waals surface area contributed by atoms with E-state index in [9.17, 15) is 9.59 Å². The molecule has 0 aromatic heterocycles. The molecule has 0 aromatic carbocycles. The highest BCUT2D eigenvalue weighted by molar-refractivity contribution is 5.97. The molecule has 3 rings (SSSR count). The minimum atomic E-state index is -0.00525. The van der Waals surface area contributed by atoms with E-state index in [0.717, 1.165) is 69.8 Å². The number of unbranched alkanes of at least 4 members (excludes halogenated alkanes) is 1. The Labute approximate surface area is 146 Å². The molecule has 0 aliphatic heterocycles. The fraction of sp³-hybridized carbons (Fsp3) is 0.810. The molecule has 3 nitrogen and oxygen atoms in total. The van der Waals surface area contributed by atoms with E-state index < -0.39 is 0 Å². The average Bonchev–Trinajstić information content (AvgIpc) is 2.98. The van der Waals surface area contributed by atoms with Crippen LogP contribution >= 0.6 is 0 Å². The first kappa shape index (κ1) is 17.7. The van der Waals surface area contributed by atoms with Crippen LogP contribution in [0.15, 0.2) is 11.1 Å². The molecule has 134 valence electrons. The number of ether oxygens (including phenoxy) is 1. The zero-order valence-corrected chi connectivity index (χ0v) is 15.3. The summed E-state index contributed by atoms with van der Waals surface area (Å²) in [5.41, 5.74) is 2.64. The molecule has 0 N–H and O–H groups in total. The number of rotatable bonds is 6. The first-order valence-electron chi connectivity index (χ1n) is 10.1. The van der Waals surface area contributed by atoms with E-state index in [1.807, 2.05) is 0 Å². The standard InChI is InChI=1S/C21H32O3/c1-3-5-7-21(23)24-20-13-11-16-14-10-12-19(22)17(6-4-2)15(14)8-9-18(16)20/h14,16,18,20H,3-13H2,1-2H3/t14?,16?,18?,20-/m0/s1. The minimum Gasteiger partial charge on any atom is -0.462 e. The van der Waals surface area contributed by atoms with Gasteiger partial charge in [0.2, 0.25) is 0 Å². The molecule has 2 fully saturated rings. The highest BCUT2D eigenvalue weighted by Gasteiger charge is 2.47. The molecule has 24 heavy (non-hydrogen) atoms. The fourth-order valence-corrected chi connectivity index (χ4v) is 5.35. The van der Waals surface area contributed by atoms with E-state index in [0.29, 0.717) is 30.0 Å². The molecule has 2 saturated carbocycles. The molecule has 3 unspecified atom stereocenters. The smallest absolute Gasteiger partial charge is 0.306 e. The van der Waals surface area contributed by atoms with Crippen LogP contribution in [0.1, 0.15) is 84.5 Å². The molecule has 3 heteroatoms. The zero-order chi connectivity index (χ0) is 17.1. The summed E-state index contributed by atoms with van der Waals surface area (Å²) in [6.07, 6.45) is 10.8. The maximum absolute atomic E-state index is 12.3. The van der Waals surface area contributed by atoms with Crippen LogP contribution in [-0.2, 0) is 14.3 Å². The highest BCUT2D eigenvalue weighted by atomic mass is 16.5. The SMILES string of the molecule is CCCCC(=O)O[C@H]1CCC2C3CCC(=O)C(CCC)=C3CCC21. The van der Waals surface area contributed by atoms with Gasteiger partial charge in [-0.15, -0.1) is 0 Å². The maximum Gasteiger partial charge on any atom is 0.306 e. The van der Waals surface area contributed by atoms with Crippen LogP contribution in [0.2, 0.25) is 0 Å². The molecule has 0 aromatic rings. The van der Waals surface area contributed by atoms with E-state index in [1.54, 1.807) is 0 Å². The Hall–Kier alpha value is -1.12. The lowest BCUT2D eigenvalue weighted by atomic mass is 9.64. The van der Waals surface area contributed by atoms with Gasteiger partial charge in [0.1, 0.15) is 6.10 Å². The van der Waals surface area contributed by atoms with Crippen molar-refractivity contribution in [2.24, 2.45) is 17.8 Å². The van der Waals surface area contributed by atoms with Crippen LogP contribution in [0.25, 0.3) is 0 Å². The number of Topliss-reactive ketones (excluding diaryl/α,β-unsaturated/α-hetero) is 1. The number of esters is 1. The zero-order valence-electron chi connectivity index (χ0n) is 15.3. The predicted molar refractivity (Wildman–Crippen MR) is 94.5 cm³/mol.